The summed E-state index contributed by atoms with van der Waals surface area (Å²) < 4.78 is 9.40. The van der Waals surface area contributed by atoms with Gasteiger partial charge in [-0.2, -0.15) is 0 Å². The molecule has 8 heteroatoms. The molecule has 1 aromatic carbocycles. The van der Waals surface area contributed by atoms with Gasteiger partial charge in [0, 0.05) is 11.6 Å². The standard InChI is InChI=1S/C16H13N3O5/c1-2-15-14(18-24-19(15)21)10-22-16(20)9-12-8-13(17-23-12)11-6-4-3-5-7-11/h1,3-7,12H,8-10H2. The second-order valence-corrected chi connectivity index (χ2v) is 5.07. The van der Waals surface area contributed by atoms with Gasteiger partial charge in [-0.3, -0.25) is 9.42 Å². The lowest BCUT2D eigenvalue weighted by molar-refractivity contribution is -0.804. The highest BCUT2D eigenvalue weighted by Gasteiger charge is 2.26. The van der Waals surface area contributed by atoms with E-state index in [9.17, 15) is 10.0 Å². The van der Waals surface area contributed by atoms with Crippen molar-refractivity contribution < 1.29 is 23.9 Å². The fourth-order valence-electron chi connectivity index (χ4n) is 2.24. The van der Waals surface area contributed by atoms with Gasteiger partial charge >= 0.3 is 5.97 Å². The number of hydrogen-bond acceptors (Lipinski definition) is 7. The molecule has 0 saturated carbocycles. The van der Waals surface area contributed by atoms with Crippen LogP contribution in [-0.4, -0.2) is 22.9 Å². The van der Waals surface area contributed by atoms with Gasteiger partial charge in [0.1, 0.15) is 6.10 Å². The molecule has 24 heavy (non-hydrogen) atoms. The summed E-state index contributed by atoms with van der Waals surface area (Å²) in [6.07, 6.45) is 5.31. The number of aromatic nitrogens is 2. The fraction of sp³-hybridized carbons (Fsp3) is 0.250. The third-order valence-electron chi connectivity index (χ3n) is 3.42. The van der Waals surface area contributed by atoms with Gasteiger partial charge in [-0.1, -0.05) is 35.5 Å². The third-order valence-corrected chi connectivity index (χ3v) is 3.42. The summed E-state index contributed by atoms with van der Waals surface area (Å²) in [7, 11) is 0. The number of hydrogen-bond donors (Lipinski definition) is 0. The van der Waals surface area contributed by atoms with Gasteiger partial charge < -0.3 is 14.8 Å². The van der Waals surface area contributed by atoms with Crippen molar-refractivity contribution in [2.75, 3.05) is 0 Å². The summed E-state index contributed by atoms with van der Waals surface area (Å²) >= 11 is 0. The molecule has 2 aromatic rings. The quantitative estimate of drug-likeness (QED) is 0.460. The van der Waals surface area contributed by atoms with Gasteiger partial charge in [0.05, 0.1) is 12.1 Å². The normalized spacial score (nSPS) is 16.1. The molecule has 1 aliphatic heterocycles. The van der Waals surface area contributed by atoms with Gasteiger partial charge in [0.25, 0.3) is 11.4 Å². The lowest BCUT2D eigenvalue weighted by Gasteiger charge is -2.07. The fourth-order valence-corrected chi connectivity index (χ4v) is 2.24. The molecule has 0 radical (unpaired) electrons. The van der Waals surface area contributed by atoms with Crippen LogP contribution in [0.15, 0.2) is 40.1 Å². The van der Waals surface area contributed by atoms with E-state index in [1.54, 1.807) is 0 Å². The van der Waals surface area contributed by atoms with E-state index in [0.717, 1.165) is 11.3 Å². The average molecular weight is 327 g/mol. The summed E-state index contributed by atoms with van der Waals surface area (Å²) in [6, 6.07) is 9.57. The number of carbonyl (C=O) groups is 1. The van der Waals surface area contributed by atoms with E-state index in [2.05, 4.69) is 20.9 Å². The van der Waals surface area contributed by atoms with E-state index in [-0.39, 0.29) is 35.4 Å². The Morgan fingerprint density at radius 2 is 2.25 bits per heavy atom. The Morgan fingerprint density at radius 3 is 3.00 bits per heavy atom. The third kappa shape index (κ3) is 3.35. The summed E-state index contributed by atoms with van der Waals surface area (Å²) in [5.41, 5.74) is 1.71. The SMILES string of the molecule is C#Cc1c(COC(=O)CC2CC(c3ccccc3)=NO2)no[n+]1[O-]. The molecular formula is C16H13N3O5. The van der Waals surface area contributed by atoms with Crippen LogP contribution in [0.3, 0.4) is 0 Å². The smallest absolute Gasteiger partial charge is 0.310 e. The Kier molecular flexibility index (Phi) is 4.43. The van der Waals surface area contributed by atoms with Crippen LogP contribution in [0, 0.1) is 17.6 Å². The molecule has 0 spiro atoms. The van der Waals surface area contributed by atoms with Gasteiger partial charge in [-0.05, 0) is 16.4 Å². The molecule has 0 aliphatic carbocycles. The highest BCUT2D eigenvalue weighted by molar-refractivity contribution is 6.01. The first-order valence-corrected chi connectivity index (χ1v) is 7.16. The molecule has 1 aromatic heterocycles. The summed E-state index contributed by atoms with van der Waals surface area (Å²) in [6.45, 7) is -0.240. The monoisotopic (exact) mass is 327 g/mol. The molecule has 1 atom stereocenters. The molecule has 2 heterocycles. The van der Waals surface area contributed by atoms with Crippen molar-refractivity contribution >= 4 is 11.7 Å². The first-order chi connectivity index (χ1) is 11.7. The predicted octanol–water partition coefficient (Wildman–Crippen LogP) is 0.916. The number of rotatable bonds is 5. The minimum absolute atomic E-state index is 0.0282. The number of ether oxygens (including phenoxy) is 1. The minimum atomic E-state index is -0.507. The van der Waals surface area contributed by atoms with Gasteiger partial charge in [0.2, 0.25) is 0 Å². The molecular weight excluding hydrogens is 314 g/mol. The number of esters is 1. The summed E-state index contributed by atoms with van der Waals surface area (Å²) in [4.78, 5) is 17.2. The largest absolute Gasteiger partial charge is 0.456 e. The number of terminal acetylenes is 1. The van der Waals surface area contributed by atoms with Crippen LogP contribution in [0.4, 0.5) is 0 Å². The maximum absolute atomic E-state index is 11.9. The van der Waals surface area contributed by atoms with E-state index in [1.807, 2.05) is 30.3 Å². The van der Waals surface area contributed by atoms with Gasteiger partial charge in [-0.15, -0.1) is 6.42 Å². The Labute approximate surface area is 137 Å². The Morgan fingerprint density at radius 1 is 1.46 bits per heavy atom. The molecule has 0 saturated heterocycles. The second-order valence-electron chi connectivity index (χ2n) is 5.07. The van der Waals surface area contributed by atoms with Crippen molar-refractivity contribution in [1.82, 2.24) is 5.16 Å². The molecule has 0 amide bonds. The molecule has 3 rings (SSSR count). The van der Waals surface area contributed by atoms with Gasteiger partial charge in [-0.25, -0.2) is 0 Å². The van der Waals surface area contributed by atoms with Crippen molar-refractivity contribution in [1.29, 1.82) is 0 Å². The maximum atomic E-state index is 11.9. The van der Waals surface area contributed by atoms with E-state index < -0.39 is 5.97 Å². The summed E-state index contributed by atoms with van der Waals surface area (Å²) in [5.74, 6) is 1.62. The number of benzene rings is 1. The zero-order valence-corrected chi connectivity index (χ0v) is 12.5. The first-order valence-electron chi connectivity index (χ1n) is 7.16. The number of oxime groups is 1. The average Bonchev–Trinajstić information content (AvgIpc) is 3.20. The van der Waals surface area contributed by atoms with Crippen molar-refractivity contribution in [3.63, 3.8) is 0 Å². The van der Waals surface area contributed by atoms with Crippen LogP contribution in [-0.2, 0) is 21.0 Å². The van der Waals surface area contributed by atoms with Crippen molar-refractivity contribution in [3.8, 4) is 12.3 Å². The lowest BCUT2D eigenvalue weighted by Crippen LogP contribution is -2.27. The van der Waals surface area contributed by atoms with E-state index in [4.69, 9.17) is 16.0 Å². The molecule has 1 aliphatic rings. The van der Waals surface area contributed by atoms with E-state index in [0.29, 0.717) is 6.42 Å². The lowest BCUT2D eigenvalue weighted by atomic mass is 10.0. The van der Waals surface area contributed by atoms with E-state index in [1.165, 1.54) is 0 Å². The second kappa shape index (κ2) is 6.83. The van der Waals surface area contributed by atoms with Crippen molar-refractivity contribution in [2.45, 2.75) is 25.6 Å². The molecule has 0 N–H and O–H groups in total. The molecule has 122 valence electrons. The van der Waals surface area contributed by atoms with Crippen LogP contribution in [0.25, 0.3) is 0 Å². The molecule has 1 unspecified atom stereocenters. The van der Waals surface area contributed by atoms with Crippen LogP contribution < -0.4 is 4.90 Å². The Hall–Kier alpha value is -3.34. The first kappa shape index (κ1) is 15.6. The highest BCUT2D eigenvalue weighted by Crippen LogP contribution is 2.19. The van der Waals surface area contributed by atoms with Gasteiger partial charge in [0.15, 0.2) is 6.61 Å². The zero-order valence-electron chi connectivity index (χ0n) is 12.5. The number of nitrogens with zero attached hydrogens (tertiary/aromatic N) is 3. The van der Waals surface area contributed by atoms with E-state index >= 15 is 0 Å². The molecule has 0 bridgehead atoms. The molecule has 0 fully saturated rings. The zero-order chi connectivity index (χ0) is 16.9. The highest BCUT2D eigenvalue weighted by atomic mass is 16.8. The minimum Gasteiger partial charge on any atom is -0.456 e. The predicted molar refractivity (Wildman–Crippen MR) is 80.3 cm³/mol. The molecule has 8 nitrogen and oxygen atoms in total. The Balaban J connectivity index is 1.49. The van der Waals surface area contributed by atoms with Crippen LogP contribution >= 0.6 is 0 Å². The number of carbonyl (C=O) groups excluding carboxylic acids is 1. The van der Waals surface area contributed by atoms with Crippen LogP contribution in [0.5, 0.6) is 0 Å². The van der Waals surface area contributed by atoms with Crippen LogP contribution in [0.1, 0.15) is 29.8 Å². The van der Waals surface area contributed by atoms with Crippen molar-refractivity contribution in [3.05, 3.63) is 52.5 Å². The van der Waals surface area contributed by atoms with Crippen molar-refractivity contribution in [2.24, 2.45) is 5.16 Å². The van der Waals surface area contributed by atoms with Crippen LogP contribution in [0.2, 0.25) is 0 Å². The topological polar surface area (TPSA) is 101 Å². The Bertz CT molecular complexity index is 807. The summed E-state index contributed by atoms with van der Waals surface area (Å²) in [5, 5.41) is 18.6. The maximum Gasteiger partial charge on any atom is 0.310 e.